The van der Waals surface area contributed by atoms with Gasteiger partial charge >= 0.3 is 0 Å². The Morgan fingerprint density at radius 3 is 2.48 bits per heavy atom. The number of ether oxygens (including phenoxy) is 1. The van der Waals surface area contributed by atoms with Gasteiger partial charge in [-0.05, 0) is 48.4 Å². The molecule has 27 heavy (non-hydrogen) atoms. The molecular formula is C21H22ClFN2O2. The van der Waals surface area contributed by atoms with E-state index in [0.29, 0.717) is 30.5 Å². The van der Waals surface area contributed by atoms with Crippen LogP contribution in [0.15, 0.2) is 54.2 Å². The monoisotopic (exact) mass is 388 g/mol. The first-order valence-electron chi connectivity index (χ1n) is 8.97. The molecule has 2 aromatic rings. The summed E-state index contributed by atoms with van der Waals surface area (Å²) in [4.78, 5) is 15.9. The SMILES string of the molecule is CCC1C(=C=O)N(Cc2ccc(F)cc2)CCN1COc1ccc(Cl)cc1. The highest BCUT2D eigenvalue weighted by atomic mass is 35.5. The lowest BCUT2D eigenvalue weighted by atomic mass is 10.0. The second kappa shape index (κ2) is 9.05. The number of nitrogens with zero attached hydrogens (tertiary/aromatic N) is 2. The van der Waals surface area contributed by atoms with E-state index in [1.807, 2.05) is 24.0 Å². The van der Waals surface area contributed by atoms with Crippen LogP contribution < -0.4 is 4.74 Å². The molecule has 1 fully saturated rings. The van der Waals surface area contributed by atoms with Crippen molar-refractivity contribution in [2.75, 3.05) is 19.8 Å². The van der Waals surface area contributed by atoms with Gasteiger partial charge in [-0.3, -0.25) is 4.90 Å². The maximum Gasteiger partial charge on any atom is 0.147 e. The molecule has 0 aromatic heterocycles. The summed E-state index contributed by atoms with van der Waals surface area (Å²) in [7, 11) is 0. The van der Waals surface area contributed by atoms with E-state index in [4.69, 9.17) is 16.3 Å². The van der Waals surface area contributed by atoms with Crippen LogP contribution in [0.1, 0.15) is 18.9 Å². The van der Waals surface area contributed by atoms with E-state index < -0.39 is 0 Å². The minimum absolute atomic E-state index is 0.0657. The van der Waals surface area contributed by atoms with Gasteiger partial charge in [0.2, 0.25) is 0 Å². The fourth-order valence-corrected chi connectivity index (χ4v) is 3.44. The van der Waals surface area contributed by atoms with Gasteiger partial charge in [-0.1, -0.05) is 30.7 Å². The smallest absolute Gasteiger partial charge is 0.147 e. The molecule has 142 valence electrons. The van der Waals surface area contributed by atoms with Crippen LogP contribution in [0, 0.1) is 5.82 Å². The molecule has 1 aliphatic rings. The quantitative estimate of drug-likeness (QED) is 0.697. The second-order valence-electron chi connectivity index (χ2n) is 6.50. The Balaban J connectivity index is 1.66. The number of rotatable bonds is 6. The van der Waals surface area contributed by atoms with Crippen molar-refractivity contribution in [3.05, 3.63) is 70.6 Å². The molecule has 4 nitrogen and oxygen atoms in total. The van der Waals surface area contributed by atoms with Gasteiger partial charge in [0.1, 0.15) is 29.9 Å². The summed E-state index contributed by atoms with van der Waals surface area (Å²) in [6.07, 6.45) is 0.772. The molecule has 1 heterocycles. The van der Waals surface area contributed by atoms with E-state index in [1.54, 1.807) is 24.3 Å². The van der Waals surface area contributed by atoms with Crippen LogP contribution in [0.5, 0.6) is 5.75 Å². The minimum Gasteiger partial charge on any atom is -0.478 e. The van der Waals surface area contributed by atoms with Crippen LogP contribution in [0.2, 0.25) is 5.02 Å². The Labute approximate surface area is 163 Å². The van der Waals surface area contributed by atoms with Crippen molar-refractivity contribution in [3.8, 4) is 5.75 Å². The molecule has 1 aliphatic heterocycles. The third kappa shape index (κ3) is 4.89. The third-order valence-electron chi connectivity index (χ3n) is 4.74. The predicted octanol–water partition coefficient (Wildman–Crippen LogP) is 4.13. The zero-order valence-corrected chi connectivity index (χ0v) is 16.0. The first-order valence-corrected chi connectivity index (χ1v) is 9.35. The highest BCUT2D eigenvalue weighted by Crippen LogP contribution is 2.24. The summed E-state index contributed by atoms with van der Waals surface area (Å²) in [6.45, 7) is 4.43. The normalized spacial score (nSPS) is 17.7. The average Bonchev–Trinajstić information content (AvgIpc) is 2.69. The number of hydrogen-bond acceptors (Lipinski definition) is 4. The Hall–Kier alpha value is -2.33. The molecule has 0 radical (unpaired) electrons. The molecule has 0 amide bonds. The van der Waals surface area contributed by atoms with E-state index in [1.165, 1.54) is 12.1 Å². The van der Waals surface area contributed by atoms with Gasteiger partial charge in [0.25, 0.3) is 0 Å². The van der Waals surface area contributed by atoms with Crippen LogP contribution in [-0.2, 0) is 11.3 Å². The lowest BCUT2D eigenvalue weighted by molar-refractivity contribution is 0.0462. The van der Waals surface area contributed by atoms with E-state index in [2.05, 4.69) is 10.8 Å². The molecule has 0 aliphatic carbocycles. The minimum atomic E-state index is -0.263. The predicted molar refractivity (Wildman–Crippen MR) is 104 cm³/mol. The number of benzene rings is 2. The maximum atomic E-state index is 13.1. The summed E-state index contributed by atoms with van der Waals surface area (Å²) in [6, 6.07) is 13.5. The topological polar surface area (TPSA) is 32.8 Å². The Morgan fingerprint density at radius 2 is 1.85 bits per heavy atom. The number of carbonyl (C=O) groups excluding carboxylic acids is 1. The highest BCUT2D eigenvalue weighted by molar-refractivity contribution is 6.30. The average molecular weight is 389 g/mol. The van der Waals surface area contributed by atoms with Gasteiger partial charge in [-0.2, -0.15) is 0 Å². The molecule has 0 N–H and O–H groups in total. The summed E-state index contributed by atoms with van der Waals surface area (Å²) in [5.41, 5.74) is 1.58. The van der Waals surface area contributed by atoms with E-state index >= 15 is 0 Å². The zero-order chi connectivity index (χ0) is 19.2. The van der Waals surface area contributed by atoms with Gasteiger partial charge in [0, 0.05) is 24.7 Å². The summed E-state index contributed by atoms with van der Waals surface area (Å²) in [5, 5.41) is 0.661. The van der Waals surface area contributed by atoms with Gasteiger partial charge in [0.15, 0.2) is 0 Å². The standard InChI is InChI=1S/C21H22ClFN2O2/c1-2-20-21(14-26)24(13-16-3-7-18(23)8-4-16)11-12-25(20)15-27-19-9-5-17(22)6-10-19/h3-10,20H,2,11-13,15H2,1H3. The second-order valence-corrected chi connectivity index (χ2v) is 6.94. The molecule has 3 rings (SSSR count). The number of halogens is 2. The summed E-state index contributed by atoms with van der Waals surface area (Å²) < 4.78 is 19.0. The first kappa shape index (κ1) is 19.4. The summed E-state index contributed by atoms with van der Waals surface area (Å²) >= 11 is 5.90. The Morgan fingerprint density at radius 1 is 1.15 bits per heavy atom. The van der Waals surface area contributed by atoms with Crippen molar-refractivity contribution in [2.24, 2.45) is 0 Å². The van der Waals surface area contributed by atoms with E-state index in [-0.39, 0.29) is 11.9 Å². The van der Waals surface area contributed by atoms with Crippen molar-refractivity contribution in [1.29, 1.82) is 0 Å². The van der Waals surface area contributed by atoms with Crippen molar-refractivity contribution < 1.29 is 13.9 Å². The molecule has 1 unspecified atom stereocenters. The molecule has 1 saturated heterocycles. The number of hydrogen-bond donors (Lipinski definition) is 0. The fourth-order valence-electron chi connectivity index (χ4n) is 3.31. The van der Waals surface area contributed by atoms with Crippen LogP contribution in [0.25, 0.3) is 0 Å². The van der Waals surface area contributed by atoms with Crippen molar-refractivity contribution in [3.63, 3.8) is 0 Å². The van der Waals surface area contributed by atoms with Gasteiger partial charge in [-0.15, -0.1) is 0 Å². The van der Waals surface area contributed by atoms with Crippen LogP contribution in [0.3, 0.4) is 0 Å². The molecule has 0 bridgehead atoms. The van der Waals surface area contributed by atoms with Crippen molar-refractivity contribution in [2.45, 2.75) is 25.9 Å². The van der Waals surface area contributed by atoms with Crippen LogP contribution in [-0.4, -0.2) is 41.6 Å². The van der Waals surface area contributed by atoms with Crippen LogP contribution in [0.4, 0.5) is 4.39 Å². The highest BCUT2D eigenvalue weighted by Gasteiger charge is 2.31. The lowest BCUT2D eigenvalue weighted by Gasteiger charge is -2.42. The molecule has 2 aromatic carbocycles. The van der Waals surface area contributed by atoms with Crippen molar-refractivity contribution >= 4 is 17.5 Å². The van der Waals surface area contributed by atoms with Crippen molar-refractivity contribution in [1.82, 2.24) is 9.80 Å². The molecule has 0 spiro atoms. The molecule has 1 atom stereocenters. The molecule has 0 saturated carbocycles. The van der Waals surface area contributed by atoms with E-state index in [9.17, 15) is 9.18 Å². The van der Waals surface area contributed by atoms with Gasteiger partial charge in [-0.25, -0.2) is 9.18 Å². The molecular weight excluding hydrogens is 367 g/mol. The largest absolute Gasteiger partial charge is 0.478 e. The fraction of sp³-hybridized carbons (Fsp3) is 0.333. The molecule has 6 heteroatoms. The Bertz CT molecular complexity index is 804. The van der Waals surface area contributed by atoms with Gasteiger partial charge in [0.05, 0.1) is 6.04 Å². The van der Waals surface area contributed by atoms with E-state index in [0.717, 1.165) is 24.3 Å². The maximum absolute atomic E-state index is 13.1. The zero-order valence-electron chi connectivity index (χ0n) is 15.2. The lowest BCUT2D eigenvalue weighted by Crippen LogP contribution is -2.52. The summed E-state index contributed by atoms with van der Waals surface area (Å²) in [5.74, 6) is 2.60. The van der Waals surface area contributed by atoms with Crippen LogP contribution >= 0.6 is 11.6 Å². The third-order valence-corrected chi connectivity index (χ3v) is 4.99. The first-order chi connectivity index (χ1) is 13.1. The number of piperazine rings is 1. The Kier molecular flexibility index (Phi) is 6.51. The van der Waals surface area contributed by atoms with Gasteiger partial charge < -0.3 is 9.64 Å².